The third kappa shape index (κ3) is 2.47. The lowest BCUT2D eigenvalue weighted by Gasteiger charge is -2.13. The summed E-state index contributed by atoms with van der Waals surface area (Å²) < 4.78 is 5.17. The summed E-state index contributed by atoms with van der Waals surface area (Å²) in [6.45, 7) is 3.39. The summed E-state index contributed by atoms with van der Waals surface area (Å²) in [4.78, 5) is 7.28. The van der Waals surface area contributed by atoms with Crippen LogP contribution < -0.4 is 4.74 Å². The molecule has 4 nitrogen and oxygen atoms in total. The largest absolute Gasteiger partial charge is 0.497 e. The standard InChI is InChI=1S/C13H16N2O2/c1-13(2,16)12-14-8-11(15-12)9-5-4-6-10(7-9)17-3/h4-8,16H,1-3H3,(H,14,15). The predicted molar refractivity (Wildman–Crippen MR) is 65.8 cm³/mol. The van der Waals surface area contributed by atoms with Crippen LogP contribution in [0.2, 0.25) is 0 Å². The van der Waals surface area contributed by atoms with Gasteiger partial charge in [-0.1, -0.05) is 12.1 Å². The molecule has 0 amide bonds. The SMILES string of the molecule is COc1cccc(-c2cnc(C(C)(C)O)[nH]2)c1. The molecule has 0 bridgehead atoms. The number of aliphatic hydroxyl groups is 1. The Morgan fingerprint density at radius 1 is 1.35 bits per heavy atom. The minimum absolute atomic E-state index is 0.551. The van der Waals surface area contributed by atoms with Gasteiger partial charge in [0.15, 0.2) is 0 Å². The summed E-state index contributed by atoms with van der Waals surface area (Å²) in [7, 11) is 1.63. The predicted octanol–water partition coefficient (Wildman–Crippen LogP) is 2.31. The highest BCUT2D eigenvalue weighted by Gasteiger charge is 2.19. The van der Waals surface area contributed by atoms with Gasteiger partial charge in [-0.15, -0.1) is 0 Å². The Balaban J connectivity index is 2.37. The smallest absolute Gasteiger partial charge is 0.138 e. The lowest BCUT2D eigenvalue weighted by molar-refractivity contribution is 0.0697. The minimum atomic E-state index is -0.961. The highest BCUT2D eigenvalue weighted by molar-refractivity contribution is 5.60. The van der Waals surface area contributed by atoms with E-state index in [0.717, 1.165) is 17.0 Å². The zero-order chi connectivity index (χ0) is 12.5. The number of nitrogens with one attached hydrogen (secondary N) is 1. The normalized spacial score (nSPS) is 11.5. The Bertz CT molecular complexity index is 512. The van der Waals surface area contributed by atoms with Crippen molar-refractivity contribution in [1.82, 2.24) is 9.97 Å². The highest BCUT2D eigenvalue weighted by atomic mass is 16.5. The Hall–Kier alpha value is -1.81. The molecule has 0 radical (unpaired) electrons. The van der Waals surface area contributed by atoms with Crippen LogP contribution in [0, 0.1) is 0 Å². The molecule has 0 atom stereocenters. The molecular weight excluding hydrogens is 216 g/mol. The zero-order valence-electron chi connectivity index (χ0n) is 10.2. The molecule has 2 rings (SSSR count). The van der Waals surface area contributed by atoms with E-state index in [1.165, 1.54) is 0 Å². The van der Waals surface area contributed by atoms with Crippen molar-refractivity contribution in [3.8, 4) is 17.0 Å². The van der Waals surface area contributed by atoms with Crippen LogP contribution in [0.25, 0.3) is 11.3 Å². The topological polar surface area (TPSA) is 58.1 Å². The monoisotopic (exact) mass is 232 g/mol. The first-order valence-corrected chi connectivity index (χ1v) is 5.43. The van der Waals surface area contributed by atoms with E-state index >= 15 is 0 Å². The van der Waals surface area contributed by atoms with Crippen LogP contribution in [0.15, 0.2) is 30.5 Å². The van der Waals surface area contributed by atoms with Crippen molar-refractivity contribution in [2.24, 2.45) is 0 Å². The molecule has 1 aromatic carbocycles. The second-order valence-corrected chi connectivity index (χ2v) is 4.44. The highest BCUT2D eigenvalue weighted by Crippen LogP contribution is 2.24. The molecule has 17 heavy (non-hydrogen) atoms. The third-order valence-electron chi connectivity index (χ3n) is 2.54. The number of hydrogen-bond acceptors (Lipinski definition) is 3. The summed E-state index contributed by atoms with van der Waals surface area (Å²) >= 11 is 0. The van der Waals surface area contributed by atoms with E-state index in [2.05, 4.69) is 9.97 Å². The molecule has 0 saturated heterocycles. The maximum Gasteiger partial charge on any atom is 0.138 e. The Morgan fingerprint density at radius 3 is 2.71 bits per heavy atom. The molecule has 2 N–H and O–H groups in total. The van der Waals surface area contributed by atoms with E-state index in [1.54, 1.807) is 27.2 Å². The summed E-state index contributed by atoms with van der Waals surface area (Å²) in [6.07, 6.45) is 1.71. The molecule has 1 heterocycles. The van der Waals surface area contributed by atoms with Crippen molar-refractivity contribution in [3.63, 3.8) is 0 Å². The lowest BCUT2D eigenvalue weighted by Crippen LogP contribution is -2.17. The second-order valence-electron chi connectivity index (χ2n) is 4.44. The van der Waals surface area contributed by atoms with Crippen molar-refractivity contribution in [1.29, 1.82) is 0 Å². The van der Waals surface area contributed by atoms with Crippen molar-refractivity contribution in [2.75, 3.05) is 7.11 Å². The lowest BCUT2D eigenvalue weighted by atomic mass is 10.1. The number of aromatic nitrogens is 2. The molecular formula is C13H16N2O2. The van der Waals surface area contributed by atoms with E-state index in [1.807, 2.05) is 24.3 Å². The van der Waals surface area contributed by atoms with Crippen LogP contribution in [0.1, 0.15) is 19.7 Å². The first kappa shape index (κ1) is 11.7. The first-order valence-electron chi connectivity index (χ1n) is 5.43. The molecule has 0 aliphatic carbocycles. The molecule has 0 unspecified atom stereocenters. The molecule has 0 aliphatic rings. The Morgan fingerprint density at radius 2 is 2.12 bits per heavy atom. The van der Waals surface area contributed by atoms with Crippen molar-refractivity contribution in [3.05, 3.63) is 36.3 Å². The minimum Gasteiger partial charge on any atom is -0.497 e. The molecule has 2 aromatic rings. The molecule has 0 aliphatic heterocycles. The summed E-state index contributed by atoms with van der Waals surface area (Å²) in [6, 6.07) is 7.68. The van der Waals surface area contributed by atoms with Gasteiger partial charge in [-0.2, -0.15) is 0 Å². The number of ether oxygens (including phenoxy) is 1. The van der Waals surface area contributed by atoms with Crippen LogP contribution in [0.5, 0.6) is 5.75 Å². The van der Waals surface area contributed by atoms with Gasteiger partial charge in [0.05, 0.1) is 19.0 Å². The van der Waals surface area contributed by atoms with E-state index in [9.17, 15) is 5.11 Å². The summed E-state index contributed by atoms with van der Waals surface area (Å²) in [5.74, 6) is 1.34. The fourth-order valence-corrected chi connectivity index (χ4v) is 1.57. The number of rotatable bonds is 3. The van der Waals surface area contributed by atoms with Crippen molar-refractivity contribution < 1.29 is 9.84 Å². The molecule has 90 valence electrons. The van der Waals surface area contributed by atoms with Crippen LogP contribution in [-0.2, 0) is 5.60 Å². The maximum atomic E-state index is 9.83. The number of imidazole rings is 1. The van der Waals surface area contributed by atoms with Gasteiger partial charge in [0.2, 0.25) is 0 Å². The van der Waals surface area contributed by atoms with Crippen LogP contribution in [0.3, 0.4) is 0 Å². The summed E-state index contributed by atoms with van der Waals surface area (Å²) in [5.41, 5.74) is 0.880. The van der Waals surface area contributed by atoms with E-state index in [0.29, 0.717) is 5.82 Å². The quantitative estimate of drug-likeness (QED) is 0.853. The van der Waals surface area contributed by atoms with Gasteiger partial charge < -0.3 is 14.8 Å². The van der Waals surface area contributed by atoms with Gasteiger partial charge >= 0.3 is 0 Å². The van der Waals surface area contributed by atoms with Crippen LogP contribution >= 0.6 is 0 Å². The maximum absolute atomic E-state index is 9.83. The van der Waals surface area contributed by atoms with E-state index < -0.39 is 5.60 Å². The van der Waals surface area contributed by atoms with Crippen molar-refractivity contribution >= 4 is 0 Å². The molecule has 0 fully saturated rings. The number of H-pyrrole nitrogens is 1. The molecule has 1 aromatic heterocycles. The van der Waals surface area contributed by atoms with Gasteiger partial charge in [-0.25, -0.2) is 4.98 Å². The number of aromatic amines is 1. The molecule has 0 saturated carbocycles. The Kier molecular flexibility index (Phi) is 2.90. The van der Waals surface area contributed by atoms with Crippen molar-refractivity contribution in [2.45, 2.75) is 19.4 Å². The zero-order valence-corrected chi connectivity index (χ0v) is 10.2. The number of nitrogens with zero attached hydrogens (tertiary/aromatic N) is 1. The number of methoxy groups -OCH3 is 1. The van der Waals surface area contributed by atoms with Gasteiger partial charge in [-0.05, 0) is 26.0 Å². The van der Waals surface area contributed by atoms with E-state index in [4.69, 9.17) is 4.74 Å². The van der Waals surface area contributed by atoms with E-state index in [-0.39, 0.29) is 0 Å². The Labute approximate surface area is 100 Å². The number of benzene rings is 1. The molecule has 4 heteroatoms. The summed E-state index contributed by atoms with van der Waals surface area (Å²) in [5, 5.41) is 9.83. The fourth-order valence-electron chi connectivity index (χ4n) is 1.57. The fraction of sp³-hybridized carbons (Fsp3) is 0.308. The average Bonchev–Trinajstić information content (AvgIpc) is 2.78. The van der Waals surface area contributed by atoms with Gasteiger partial charge in [-0.3, -0.25) is 0 Å². The second kappa shape index (κ2) is 4.22. The van der Waals surface area contributed by atoms with Crippen LogP contribution in [-0.4, -0.2) is 22.2 Å². The first-order chi connectivity index (χ1) is 8.00. The third-order valence-corrected chi connectivity index (χ3v) is 2.54. The van der Waals surface area contributed by atoms with Gasteiger partial charge in [0.25, 0.3) is 0 Å². The molecule has 0 spiro atoms. The number of hydrogen-bond donors (Lipinski definition) is 2. The van der Waals surface area contributed by atoms with Gasteiger partial charge in [0.1, 0.15) is 17.2 Å². The average molecular weight is 232 g/mol. The van der Waals surface area contributed by atoms with Crippen LogP contribution in [0.4, 0.5) is 0 Å². The van der Waals surface area contributed by atoms with Gasteiger partial charge in [0, 0.05) is 5.56 Å².